The number of carbonyl (C=O) groups is 1. The second-order valence-corrected chi connectivity index (χ2v) is 6.92. The summed E-state index contributed by atoms with van der Waals surface area (Å²) in [4.78, 5) is 16.8. The molecule has 0 bridgehead atoms. The first-order valence-corrected chi connectivity index (χ1v) is 8.84. The molecule has 4 rings (SSSR count). The van der Waals surface area contributed by atoms with Crippen molar-refractivity contribution >= 4 is 11.6 Å². The van der Waals surface area contributed by atoms with Gasteiger partial charge in [-0.1, -0.05) is 18.2 Å². The Morgan fingerprint density at radius 1 is 1.28 bits per heavy atom. The second kappa shape index (κ2) is 6.48. The lowest BCUT2D eigenvalue weighted by atomic mass is 9.69. The number of nitrogens with zero attached hydrogens (tertiary/aromatic N) is 1. The zero-order valence-corrected chi connectivity index (χ0v) is 14.4. The Morgan fingerprint density at radius 2 is 2.08 bits per heavy atom. The van der Waals surface area contributed by atoms with Crippen LogP contribution in [0.25, 0.3) is 0 Å². The van der Waals surface area contributed by atoms with Gasteiger partial charge >= 0.3 is 0 Å². The third kappa shape index (κ3) is 2.78. The van der Waals surface area contributed by atoms with Crippen LogP contribution >= 0.6 is 0 Å². The Kier molecular flexibility index (Phi) is 4.17. The number of ether oxygens (including phenoxy) is 1. The highest BCUT2D eigenvalue weighted by Gasteiger charge is 2.48. The Bertz CT molecular complexity index is 782. The quantitative estimate of drug-likeness (QED) is 0.900. The largest absolute Gasteiger partial charge is 0.496 e. The Balaban J connectivity index is 1.41. The molecule has 1 aliphatic carbocycles. The predicted octanol–water partition coefficient (Wildman–Crippen LogP) is 3.01. The second-order valence-electron chi connectivity index (χ2n) is 6.92. The number of para-hydroxylation sites is 1. The van der Waals surface area contributed by atoms with Crippen LogP contribution < -0.4 is 15.4 Å². The van der Waals surface area contributed by atoms with Gasteiger partial charge in [0.05, 0.1) is 12.5 Å². The minimum Gasteiger partial charge on any atom is -0.496 e. The molecule has 25 heavy (non-hydrogen) atoms. The number of rotatable bonds is 4. The molecule has 2 aliphatic rings. The van der Waals surface area contributed by atoms with Crippen molar-refractivity contribution in [2.75, 3.05) is 12.4 Å². The molecular formula is C20H23N3O2. The van der Waals surface area contributed by atoms with Crippen molar-refractivity contribution < 1.29 is 9.53 Å². The molecule has 2 N–H and O–H groups in total. The molecule has 1 aromatic carbocycles. The van der Waals surface area contributed by atoms with Gasteiger partial charge in [0.1, 0.15) is 5.75 Å². The average Bonchev–Trinajstić information content (AvgIpc) is 2.93. The standard InChI is InChI=1S/C20H23N3O2/c1-25-18-8-11-21-12-14(18)13-22-15-6-9-20(10-7-15)16-4-2-3-5-17(16)23-19(20)24/h2-5,8,11-12,15,22H,6-7,9-10,13H2,1H3,(H,23,24). The van der Waals surface area contributed by atoms with Gasteiger partial charge in [0.25, 0.3) is 0 Å². The molecule has 1 fully saturated rings. The van der Waals surface area contributed by atoms with Crippen LogP contribution in [0.4, 0.5) is 5.69 Å². The van der Waals surface area contributed by atoms with Crippen molar-refractivity contribution in [3.63, 3.8) is 0 Å². The fourth-order valence-electron chi connectivity index (χ4n) is 4.19. The van der Waals surface area contributed by atoms with Crippen LogP contribution in [0, 0.1) is 0 Å². The lowest BCUT2D eigenvalue weighted by Crippen LogP contribution is -2.43. The fourth-order valence-corrected chi connectivity index (χ4v) is 4.19. The lowest BCUT2D eigenvalue weighted by Gasteiger charge is -2.36. The van der Waals surface area contributed by atoms with Crippen LogP contribution in [-0.2, 0) is 16.8 Å². The molecule has 1 saturated carbocycles. The normalized spacial score (nSPS) is 24.8. The molecule has 1 amide bonds. The summed E-state index contributed by atoms with van der Waals surface area (Å²) < 4.78 is 5.38. The van der Waals surface area contributed by atoms with E-state index in [9.17, 15) is 4.79 Å². The van der Waals surface area contributed by atoms with Crippen molar-refractivity contribution in [2.24, 2.45) is 0 Å². The Morgan fingerprint density at radius 3 is 2.88 bits per heavy atom. The SMILES string of the molecule is COc1ccncc1CNC1CCC2(CC1)C(=O)Nc1ccccc12. The van der Waals surface area contributed by atoms with Crippen LogP contribution in [0.1, 0.15) is 36.8 Å². The highest BCUT2D eigenvalue weighted by molar-refractivity contribution is 6.06. The summed E-state index contributed by atoms with van der Waals surface area (Å²) >= 11 is 0. The molecule has 0 saturated heterocycles. The fraction of sp³-hybridized carbons (Fsp3) is 0.400. The highest BCUT2D eigenvalue weighted by atomic mass is 16.5. The van der Waals surface area contributed by atoms with Gasteiger partial charge in [0.15, 0.2) is 0 Å². The number of pyridine rings is 1. The van der Waals surface area contributed by atoms with E-state index in [1.165, 1.54) is 5.56 Å². The van der Waals surface area contributed by atoms with Gasteiger partial charge in [-0.05, 0) is 43.4 Å². The molecule has 1 spiro atoms. The third-order valence-electron chi connectivity index (χ3n) is 5.62. The summed E-state index contributed by atoms with van der Waals surface area (Å²) in [5, 5.41) is 6.67. The van der Waals surface area contributed by atoms with E-state index in [2.05, 4.69) is 21.7 Å². The van der Waals surface area contributed by atoms with E-state index in [0.29, 0.717) is 6.04 Å². The maximum absolute atomic E-state index is 12.6. The average molecular weight is 337 g/mol. The van der Waals surface area contributed by atoms with Crippen molar-refractivity contribution in [1.29, 1.82) is 0 Å². The van der Waals surface area contributed by atoms with E-state index < -0.39 is 0 Å². The third-order valence-corrected chi connectivity index (χ3v) is 5.62. The number of methoxy groups -OCH3 is 1. The molecule has 1 aromatic heterocycles. The van der Waals surface area contributed by atoms with Gasteiger partial charge in [-0.25, -0.2) is 0 Å². The number of amides is 1. The first-order chi connectivity index (χ1) is 12.2. The topological polar surface area (TPSA) is 63.2 Å². The number of hydrogen-bond donors (Lipinski definition) is 2. The monoisotopic (exact) mass is 337 g/mol. The van der Waals surface area contributed by atoms with Gasteiger partial charge in [0.2, 0.25) is 5.91 Å². The van der Waals surface area contributed by atoms with Gasteiger partial charge in [-0.3, -0.25) is 9.78 Å². The van der Waals surface area contributed by atoms with Crippen molar-refractivity contribution in [2.45, 2.75) is 43.7 Å². The molecule has 0 radical (unpaired) electrons. The van der Waals surface area contributed by atoms with E-state index >= 15 is 0 Å². The lowest BCUT2D eigenvalue weighted by molar-refractivity contribution is -0.122. The summed E-state index contributed by atoms with van der Waals surface area (Å²) in [6.45, 7) is 0.734. The summed E-state index contributed by atoms with van der Waals surface area (Å²) in [5.74, 6) is 1.03. The minimum atomic E-state index is -0.333. The summed E-state index contributed by atoms with van der Waals surface area (Å²) in [7, 11) is 1.68. The van der Waals surface area contributed by atoms with Crippen LogP contribution in [0.3, 0.4) is 0 Å². The Labute approximate surface area is 147 Å². The minimum absolute atomic E-state index is 0.168. The molecule has 5 nitrogen and oxygen atoms in total. The van der Waals surface area contributed by atoms with E-state index in [-0.39, 0.29) is 11.3 Å². The molecule has 5 heteroatoms. The number of hydrogen-bond acceptors (Lipinski definition) is 4. The molecule has 0 atom stereocenters. The van der Waals surface area contributed by atoms with E-state index in [0.717, 1.165) is 49.2 Å². The van der Waals surface area contributed by atoms with Crippen LogP contribution in [0.5, 0.6) is 5.75 Å². The first kappa shape index (κ1) is 16.1. The van der Waals surface area contributed by atoms with Gasteiger partial charge in [0, 0.05) is 36.2 Å². The number of nitrogens with one attached hydrogen (secondary N) is 2. The Hall–Kier alpha value is -2.40. The smallest absolute Gasteiger partial charge is 0.235 e. The van der Waals surface area contributed by atoms with Gasteiger partial charge in [-0.15, -0.1) is 0 Å². The van der Waals surface area contributed by atoms with Crippen LogP contribution in [0.2, 0.25) is 0 Å². The van der Waals surface area contributed by atoms with Crippen molar-refractivity contribution in [3.05, 3.63) is 53.9 Å². The molecule has 0 unspecified atom stereocenters. The number of carbonyl (C=O) groups excluding carboxylic acids is 1. The van der Waals surface area contributed by atoms with Gasteiger partial charge in [-0.2, -0.15) is 0 Å². The van der Waals surface area contributed by atoms with Crippen molar-refractivity contribution in [1.82, 2.24) is 10.3 Å². The maximum Gasteiger partial charge on any atom is 0.235 e. The van der Waals surface area contributed by atoms with Crippen LogP contribution in [0.15, 0.2) is 42.7 Å². The van der Waals surface area contributed by atoms with Gasteiger partial charge < -0.3 is 15.4 Å². The zero-order chi connectivity index (χ0) is 17.3. The van der Waals surface area contributed by atoms with Crippen LogP contribution in [-0.4, -0.2) is 24.0 Å². The highest BCUT2D eigenvalue weighted by Crippen LogP contribution is 2.47. The number of fused-ring (bicyclic) bond motifs is 2. The van der Waals surface area contributed by atoms with Crippen molar-refractivity contribution in [3.8, 4) is 5.75 Å². The van der Waals surface area contributed by atoms with E-state index in [4.69, 9.17) is 4.74 Å². The number of anilines is 1. The van der Waals surface area contributed by atoms with E-state index in [1.807, 2.05) is 30.5 Å². The van der Waals surface area contributed by atoms with E-state index in [1.54, 1.807) is 13.3 Å². The molecule has 1 aliphatic heterocycles. The zero-order valence-electron chi connectivity index (χ0n) is 14.4. The molecule has 2 aromatic rings. The maximum atomic E-state index is 12.6. The first-order valence-electron chi connectivity index (χ1n) is 8.84. The summed E-state index contributed by atoms with van der Waals surface area (Å²) in [6, 6.07) is 10.4. The summed E-state index contributed by atoms with van der Waals surface area (Å²) in [5.41, 5.74) is 2.89. The summed E-state index contributed by atoms with van der Waals surface area (Å²) in [6.07, 6.45) is 7.34. The number of aromatic nitrogens is 1. The number of benzene rings is 1. The molecule has 2 heterocycles. The predicted molar refractivity (Wildman–Crippen MR) is 96.6 cm³/mol. The molecular weight excluding hydrogens is 314 g/mol. The molecule has 130 valence electrons.